The topological polar surface area (TPSA) is 20.2 Å². The lowest BCUT2D eigenvalue weighted by atomic mass is 9.79. The highest BCUT2D eigenvalue weighted by Crippen LogP contribution is 2.31. The zero-order valence-corrected chi connectivity index (χ0v) is 8.51. The van der Waals surface area contributed by atoms with E-state index in [9.17, 15) is 13.9 Å². The fraction of sp³-hybridized carbons (Fsp3) is 0.455. The summed E-state index contributed by atoms with van der Waals surface area (Å²) in [5.41, 5.74) is -0.981. The van der Waals surface area contributed by atoms with Gasteiger partial charge in [0.05, 0.1) is 6.10 Å². The molecule has 0 fully saturated rings. The third-order valence-corrected chi connectivity index (χ3v) is 2.65. The molecule has 1 N–H and O–H groups in total. The SMILES string of the molecule is CC(O)C(C)(C)c1c(F)cccc1F. The monoisotopic (exact) mass is 200 g/mol. The minimum Gasteiger partial charge on any atom is -0.393 e. The van der Waals surface area contributed by atoms with Crippen molar-refractivity contribution in [3.05, 3.63) is 35.4 Å². The Morgan fingerprint density at radius 3 is 2.00 bits per heavy atom. The molecule has 0 radical (unpaired) electrons. The van der Waals surface area contributed by atoms with Crippen molar-refractivity contribution < 1.29 is 13.9 Å². The Labute approximate surface area is 82.4 Å². The van der Waals surface area contributed by atoms with Gasteiger partial charge in [0.25, 0.3) is 0 Å². The molecule has 0 aliphatic heterocycles. The molecular weight excluding hydrogens is 186 g/mol. The molecule has 0 aliphatic rings. The third kappa shape index (κ3) is 1.77. The van der Waals surface area contributed by atoms with Gasteiger partial charge in [0.2, 0.25) is 0 Å². The van der Waals surface area contributed by atoms with Gasteiger partial charge in [0.15, 0.2) is 0 Å². The number of aliphatic hydroxyl groups excluding tert-OH is 1. The molecule has 1 aromatic rings. The van der Waals surface area contributed by atoms with Crippen LogP contribution in [0.15, 0.2) is 18.2 Å². The maximum Gasteiger partial charge on any atom is 0.129 e. The molecule has 3 heteroatoms. The van der Waals surface area contributed by atoms with E-state index in [0.29, 0.717) is 0 Å². The van der Waals surface area contributed by atoms with Crippen molar-refractivity contribution in [2.75, 3.05) is 0 Å². The minimum atomic E-state index is -0.921. The van der Waals surface area contributed by atoms with E-state index in [1.54, 1.807) is 13.8 Å². The zero-order valence-electron chi connectivity index (χ0n) is 8.51. The smallest absolute Gasteiger partial charge is 0.129 e. The van der Waals surface area contributed by atoms with Crippen LogP contribution in [0.3, 0.4) is 0 Å². The molecule has 0 aliphatic carbocycles. The Bertz CT molecular complexity index is 312. The lowest BCUT2D eigenvalue weighted by Gasteiger charge is -2.29. The number of rotatable bonds is 2. The second-order valence-corrected chi connectivity index (χ2v) is 3.99. The van der Waals surface area contributed by atoms with Gasteiger partial charge in [-0.3, -0.25) is 0 Å². The molecule has 14 heavy (non-hydrogen) atoms. The van der Waals surface area contributed by atoms with Crippen molar-refractivity contribution in [2.45, 2.75) is 32.3 Å². The summed E-state index contributed by atoms with van der Waals surface area (Å²) in [6.45, 7) is 4.74. The molecule has 0 heterocycles. The second-order valence-electron chi connectivity index (χ2n) is 3.99. The molecule has 78 valence electrons. The van der Waals surface area contributed by atoms with Gasteiger partial charge in [-0.05, 0) is 19.1 Å². The molecule has 1 aromatic carbocycles. The van der Waals surface area contributed by atoms with Crippen LogP contribution in [0.4, 0.5) is 8.78 Å². The van der Waals surface area contributed by atoms with Gasteiger partial charge in [-0.1, -0.05) is 19.9 Å². The lowest BCUT2D eigenvalue weighted by molar-refractivity contribution is 0.113. The maximum absolute atomic E-state index is 13.4. The molecule has 0 spiro atoms. The van der Waals surface area contributed by atoms with E-state index in [0.717, 1.165) is 0 Å². The van der Waals surface area contributed by atoms with Gasteiger partial charge in [0, 0.05) is 11.0 Å². The summed E-state index contributed by atoms with van der Waals surface area (Å²) in [7, 11) is 0. The van der Waals surface area contributed by atoms with Gasteiger partial charge < -0.3 is 5.11 Å². The molecule has 1 rings (SSSR count). The highest BCUT2D eigenvalue weighted by atomic mass is 19.1. The van der Waals surface area contributed by atoms with Crippen molar-refractivity contribution >= 4 is 0 Å². The summed E-state index contributed by atoms with van der Waals surface area (Å²) in [6, 6.07) is 3.71. The van der Waals surface area contributed by atoms with Crippen molar-refractivity contribution in [1.29, 1.82) is 0 Å². The fourth-order valence-electron chi connectivity index (χ4n) is 1.32. The molecule has 0 bridgehead atoms. The lowest BCUT2D eigenvalue weighted by Crippen LogP contribution is -2.33. The maximum atomic E-state index is 13.4. The minimum absolute atomic E-state index is 0.0602. The summed E-state index contributed by atoms with van der Waals surface area (Å²) >= 11 is 0. The van der Waals surface area contributed by atoms with Crippen LogP contribution in [0.5, 0.6) is 0 Å². The first kappa shape index (κ1) is 11.1. The predicted octanol–water partition coefficient (Wildman–Crippen LogP) is 2.62. The van der Waals surface area contributed by atoms with E-state index < -0.39 is 23.2 Å². The quantitative estimate of drug-likeness (QED) is 0.778. The average molecular weight is 200 g/mol. The van der Waals surface area contributed by atoms with Crippen LogP contribution in [-0.4, -0.2) is 11.2 Å². The molecule has 0 saturated heterocycles. The number of hydrogen-bond donors (Lipinski definition) is 1. The molecule has 0 amide bonds. The van der Waals surface area contributed by atoms with Crippen molar-refractivity contribution in [1.82, 2.24) is 0 Å². The van der Waals surface area contributed by atoms with Crippen LogP contribution >= 0.6 is 0 Å². The van der Waals surface area contributed by atoms with E-state index >= 15 is 0 Å². The first-order chi connectivity index (χ1) is 6.37. The van der Waals surface area contributed by atoms with Crippen LogP contribution in [0.1, 0.15) is 26.3 Å². The molecule has 1 atom stereocenters. The molecule has 1 nitrogen and oxygen atoms in total. The Hall–Kier alpha value is -0.960. The molecule has 0 saturated carbocycles. The van der Waals surface area contributed by atoms with Gasteiger partial charge in [0.1, 0.15) is 11.6 Å². The third-order valence-electron chi connectivity index (χ3n) is 2.65. The van der Waals surface area contributed by atoms with E-state index in [1.807, 2.05) is 0 Å². The van der Waals surface area contributed by atoms with E-state index in [2.05, 4.69) is 0 Å². The number of halogens is 2. The highest BCUT2D eigenvalue weighted by molar-refractivity contribution is 5.28. The first-order valence-electron chi connectivity index (χ1n) is 4.50. The van der Waals surface area contributed by atoms with Crippen LogP contribution in [0.25, 0.3) is 0 Å². The molecule has 0 aromatic heterocycles. The van der Waals surface area contributed by atoms with Crippen molar-refractivity contribution in [3.8, 4) is 0 Å². The second kappa shape index (κ2) is 3.65. The molecular formula is C11H14F2O. The molecule has 1 unspecified atom stereocenters. The summed E-state index contributed by atoms with van der Waals surface area (Å²) in [4.78, 5) is 0. The van der Waals surface area contributed by atoms with Gasteiger partial charge in [-0.15, -0.1) is 0 Å². The number of aliphatic hydroxyl groups is 1. The Morgan fingerprint density at radius 1 is 1.21 bits per heavy atom. The summed E-state index contributed by atoms with van der Waals surface area (Å²) < 4.78 is 26.7. The predicted molar refractivity (Wildman–Crippen MR) is 51.1 cm³/mol. The Kier molecular flexibility index (Phi) is 2.90. The average Bonchev–Trinajstić information content (AvgIpc) is 2.02. The summed E-state index contributed by atoms with van der Waals surface area (Å²) in [6.07, 6.45) is -0.811. The van der Waals surface area contributed by atoms with Gasteiger partial charge in [-0.25, -0.2) is 8.78 Å². The Morgan fingerprint density at radius 2 is 1.64 bits per heavy atom. The van der Waals surface area contributed by atoms with Gasteiger partial charge in [-0.2, -0.15) is 0 Å². The van der Waals surface area contributed by atoms with E-state index in [4.69, 9.17) is 0 Å². The zero-order chi connectivity index (χ0) is 10.9. The number of hydrogen-bond acceptors (Lipinski definition) is 1. The van der Waals surface area contributed by atoms with Crippen LogP contribution in [0.2, 0.25) is 0 Å². The normalized spacial score (nSPS) is 14.1. The standard InChI is InChI=1S/C11H14F2O/c1-7(14)11(2,3)10-8(12)5-4-6-9(10)13/h4-7,14H,1-3H3. The van der Waals surface area contributed by atoms with Crippen molar-refractivity contribution in [3.63, 3.8) is 0 Å². The summed E-state index contributed by atoms with van der Waals surface area (Å²) in [5.74, 6) is -1.23. The van der Waals surface area contributed by atoms with E-state index in [-0.39, 0.29) is 5.56 Å². The van der Waals surface area contributed by atoms with Gasteiger partial charge >= 0.3 is 0 Å². The van der Waals surface area contributed by atoms with Crippen LogP contribution < -0.4 is 0 Å². The van der Waals surface area contributed by atoms with E-state index in [1.165, 1.54) is 25.1 Å². The first-order valence-corrected chi connectivity index (χ1v) is 4.50. The summed E-state index contributed by atoms with van der Waals surface area (Å²) in [5, 5.41) is 9.45. The van der Waals surface area contributed by atoms with Crippen molar-refractivity contribution in [2.24, 2.45) is 0 Å². The Balaban J connectivity index is 3.31. The van der Waals surface area contributed by atoms with Crippen LogP contribution in [-0.2, 0) is 5.41 Å². The fourth-order valence-corrected chi connectivity index (χ4v) is 1.32. The number of benzene rings is 1. The highest BCUT2D eigenvalue weighted by Gasteiger charge is 2.32. The largest absolute Gasteiger partial charge is 0.393 e. The van der Waals surface area contributed by atoms with Crippen LogP contribution in [0, 0.1) is 11.6 Å².